The highest BCUT2D eigenvalue weighted by Crippen LogP contribution is 2.21. The number of nitrogens with two attached hydrogens (primary N) is 3. The molecule has 0 heterocycles. The van der Waals surface area contributed by atoms with Gasteiger partial charge in [0.15, 0.2) is 0 Å². The van der Waals surface area contributed by atoms with Gasteiger partial charge in [-0.3, -0.25) is 0 Å². The van der Waals surface area contributed by atoms with Gasteiger partial charge in [0, 0.05) is 12.1 Å². The van der Waals surface area contributed by atoms with Crippen LogP contribution in [0.15, 0.2) is 17.2 Å². The predicted octanol–water partition coefficient (Wildman–Crippen LogP) is 0.554. The molecule has 0 saturated carbocycles. The highest BCUT2D eigenvalue weighted by molar-refractivity contribution is 5.80. The van der Waals surface area contributed by atoms with Crippen LogP contribution in [0.2, 0.25) is 0 Å². The van der Waals surface area contributed by atoms with Crippen LogP contribution in [-0.4, -0.2) is 5.84 Å². The number of hydrazine groups is 1. The Bertz CT molecular complexity index is 398. The van der Waals surface area contributed by atoms with Crippen LogP contribution in [-0.2, 0) is 6.42 Å². The third kappa shape index (κ3) is 2.87. The van der Waals surface area contributed by atoms with E-state index in [0.29, 0.717) is 12.3 Å². The molecule has 0 bridgehead atoms. The number of benzene rings is 1. The molecular formula is C11H19N5. The van der Waals surface area contributed by atoms with Gasteiger partial charge in [-0.15, -0.1) is 0 Å². The van der Waals surface area contributed by atoms with Crippen molar-refractivity contribution >= 4 is 11.5 Å². The molecule has 5 nitrogen and oxygen atoms in total. The van der Waals surface area contributed by atoms with Crippen LogP contribution in [0.1, 0.15) is 23.1 Å². The average molecular weight is 221 g/mol. The van der Waals surface area contributed by atoms with Gasteiger partial charge in [0.1, 0.15) is 5.84 Å². The molecule has 0 amide bonds. The molecule has 0 fully saturated rings. The average Bonchev–Trinajstić information content (AvgIpc) is 2.24. The van der Waals surface area contributed by atoms with Crippen molar-refractivity contribution in [2.45, 2.75) is 26.7 Å². The van der Waals surface area contributed by atoms with Crippen LogP contribution >= 0.6 is 0 Å². The zero-order valence-electron chi connectivity index (χ0n) is 9.75. The van der Waals surface area contributed by atoms with E-state index in [1.807, 2.05) is 12.1 Å². The minimum atomic E-state index is 0.475. The fourth-order valence-electron chi connectivity index (χ4n) is 1.62. The van der Waals surface area contributed by atoms with E-state index in [4.69, 9.17) is 17.3 Å². The minimum Gasteiger partial charge on any atom is -0.398 e. The van der Waals surface area contributed by atoms with Crippen LogP contribution in [0, 0.1) is 13.8 Å². The Labute approximate surface area is 95.7 Å². The largest absolute Gasteiger partial charge is 0.398 e. The number of aryl methyl sites for hydroxylation is 1. The summed E-state index contributed by atoms with van der Waals surface area (Å²) in [6, 6.07) is 3.94. The Kier molecular flexibility index (Phi) is 4.13. The lowest BCUT2D eigenvalue weighted by atomic mass is 9.97. The second-order valence-electron chi connectivity index (χ2n) is 3.81. The van der Waals surface area contributed by atoms with Gasteiger partial charge in [0.2, 0.25) is 0 Å². The Hall–Kier alpha value is -1.75. The molecule has 0 aromatic heterocycles. The van der Waals surface area contributed by atoms with Gasteiger partial charge >= 0.3 is 0 Å². The monoisotopic (exact) mass is 221 g/mol. The van der Waals surface area contributed by atoms with E-state index in [1.54, 1.807) is 0 Å². The molecular weight excluding hydrogens is 202 g/mol. The smallest absolute Gasteiger partial charge is 0.121 e. The van der Waals surface area contributed by atoms with E-state index in [2.05, 4.69) is 24.5 Å². The summed E-state index contributed by atoms with van der Waals surface area (Å²) in [5, 5.41) is 3.70. The van der Waals surface area contributed by atoms with Crippen molar-refractivity contribution in [2.24, 2.45) is 16.7 Å². The first-order valence-corrected chi connectivity index (χ1v) is 5.18. The lowest BCUT2D eigenvalue weighted by Crippen LogP contribution is -2.22. The SMILES string of the molecule is Cc1ccc(N)c(CC/C(N)=N/NN)c1C. The van der Waals surface area contributed by atoms with Gasteiger partial charge in [-0.1, -0.05) is 6.07 Å². The summed E-state index contributed by atoms with van der Waals surface area (Å²) < 4.78 is 0. The fraction of sp³-hybridized carbons (Fsp3) is 0.364. The summed E-state index contributed by atoms with van der Waals surface area (Å²) in [5.41, 5.74) is 18.1. The van der Waals surface area contributed by atoms with E-state index >= 15 is 0 Å². The molecule has 88 valence electrons. The number of hydrazone groups is 1. The maximum absolute atomic E-state index is 5.93. The van der Waals surface area contributed by atoms with Gasteiger partial charge in [-0.25, -0.2) is 11.4 Å². The van der Waals surface area contributed by atoms with Crippen molar-refractivity contribution in [3.05, 3.63) is 28.8 Å². The Morgan fingerprint density at radius 1 is 1.38 bits per heavy atom. The first kappa shape index (κ1) is 12.3. The van der Waals surface area contributed by atoms with E-state index in [0.717, 1.165) is 17.7 Å². The zero-order chi connectivity index (χ0) is 12.1. The van der Waals surface area contributed by atoms with Crippen molar-refractivity contribution in [3.8, 4) is 0 Å². The summed E-state index contributed by atoms with van der Waals surface area (Å²) in [6.45, 7) is 4.13. The Morgan fingerprint density at radius 2 is 2.06 bits per heavy atom. The molecule has 0 aliphatic rings. The molecule has 7 N–H and O–H groups in total. The summed E-state index contributed by atoms with van der Waals surface area (Å²) in [5.74, 6) is 5.51. The molecule has 0 radical (unpaired) electrons. The number of rotatable bonds is 4. The molecule has 0 unspecified atom stereocenters. The molecule has 5 heteroatoms. The van der Waals surface area contributed by atoms with Crippen molar-refractivity contribution in [2.75, 3.05) is 5.73 Å². The number of nitrogen functional groups attached to an aromatic ring is 1. The van der Waals surface area contributed by atoms with Crippen LogP contribution in [0.5, 0.6) is 0 Å². The van der Waals surface area contributed by atoms with Crippen LogP contribution in [0.4, 0.5) is 5.69 Å². The Morgan fingerprint density at radius 3 is 2.69 bits per heavy atom. The van der Waals surface area contributed by atoms with Crippen LogP contribution in [0.3, 0.4) is 0 Å². The topological polar surface area (TPSA) is 102 Å². The summed E-state index contributed by atoms with van der Waals surface area (Å²) in [7, 11) is 0. The number of hydrogen-bond donors (Lipinski definition) is 4. The molecule has 0 atom stereocenters. The van der Waals surface area contributed by atoms with E-state index < -0.39 is 0 Å². The highest BCUT2D eigenvalue weighted by Gasteiger charge is 2.06. The van der Waals surface area contributed by atoms with Crippen LogP contribution in [0.25, 0.3) is 0 Å². The number of nitrogens with one attached hydrogen (secondary N) is 1. The lowest BCUT2D eigenvalue weighted by molar-refractivity contribution is 0.793. The predicted molar refractivity (Wildman–Crippen MR) is 67.6 cm³/mol. The van der Waals surface area contributed by atoms with Crippen molar-refractivity contribution in [3.63, 3.8) is 0 Å². The lowest BCUT2D eigenvalue weighted by Gasteiger charge is -2.11. The van der Waals surface area contributed by atoms with E-state index in [-0.39, 0.29) is 0 Å². The molecule has 0 spiro atoms. The zero-order valence-corrected chi connectivity index (χ0v) is 9.75. The fourth-order valence-corrected chi connectivity index (χ4v) is 1.62. The third-order valence-corrected chi connectivity index (χ3v) is 2.74. The first-order valence-electron chi connectivity index (χ1n) is 5.18. The van der Waals surface area contributed by atoms with Gasteiger partial charge < -0.3 is 11.5 Å². The van der Waals surface area contributed by atoms with Gasteiger partial charge in [0.25, 0.3) is 0 Å². The number of hydrogen-bond acceptors (Lipinski definition) is 4. The van der Waals surface area contributed by atoms with Crippen molar-refractivity contribution < 1.29 is 0 Å². The summed E-state index contributed by atoms with van der Waals surface area (Å²) >= 11 is 0. The maximum Gasteiger partial charge on any atom is 0.121 e. The summed E-state index contributed by atoms with van der Waals surface area (Å²) in [4.78, 5) is 0. The van der Waals surface area contributed by atoms with Crippen molar-refractivity contribution in [1.29, 1.82) is 0 Å². The number of nitrogens with zero attached hydrogens (tertiary/aromatic N) is 1. The molecule has 1 aromatic carbocycles. The third-order valence-electron chi connectivity index (χ3n) is 2.74. The highest BCUT2D eigenvalue weighted by atomic mass is 15.5. The molecule has 1 aromatic rings. The second kappa shape index (κ2) is 5.37. The van der Waals surface area contributed by atoms with E-state index in [9.17, 15) is 0 Å². The minimum absolute atomic E-state index is 0.475. The number of anilines is 1. The van der Waals surface area contributed by atoms with Gasteiger partial charge in [-0.05, 0) is 43.0 Å². The summed E-state index contributed by atoms with van der Waals surface area (Å²) in [6.07, 6.45) is 1.41. The molecule has 1 rings (SSSR count). The number of amidine groups is 1. The first-order chi connectivity index (χ1) is 7.56. The molecule has 0 saturated heterocycles. The molecule has 16 heavy (non-hydrogen) atoms. The van der Waals surface area contributed by atoms with Gasteiger partial charge in [0.05, 0.1) is 0 Å². The Balaban J connectivity index is 2.81. The van der Waals surface area contributed by atoms with Gasteiger partial charge in [-0.2, -0.15) is 5.10 Å². The van der Waals surface area contributed by atoms with E-state index in [1.165, 1.54) is 11.1 Å². The quantitative estimate of drug-likeness (QED) is 0.196. The maximum atomic E-state index is 5.93. The standard InChI is InChI=1S/C11H19N5/c1-7-3-5-10(12)9(8(7)2)4-6-11(13)15-16-14/h3,5,16H,4,6,12,14H2,1-2H3,(H2,13,15). The normalized spacial score (nSPS) is 11.6. The second-order valence-corrected chi connectivity index (χ2v) is 3.81. The molecule has 0 aliphatic carbocycles. The van der Waals surface area contributed by atoms with Crippen LogP contribution < -0.4 is 22.8 Å². The molecule has 0 aliphatic heterocycles. The van der Waals surface area contributed by atoms with Crippen molar-refractivity contribution in [1.82, 2.24) is 5.53 Å².